The summed E-state index contributed by atoms with van der Waals surface area (Å²) in [5.74, 6) is 0. The second-order valence-electron chi connectivity index (χ2n) is 3.27. The van der Waals surface area contributed by atoms with Gasteiger partial charge in [0.05, 0.1) is 19.7 Å². The molecule has 0 bridgehead atoms. The summed E-state index contributed by atoms with van der Waals surface area (Å²) in [5, 5.41) is 42.8. The summed E-state index contributed by atoms with van der Waals surface area (Å²) in [6, 6.07) is 0.334. The molecule has 0 amide bonds. The molecule has 0 spiro atoms. The lowest BCUT2D eigenvalue weighted by molar-refractivity contribution is -0.443. The van der Waals surface area contributed by atoms with Crippen molar-refractivity contribution in [1.29, 1.82) is 0 Å². The van der Waals surface area contributed by atoms with Gasteiger partial charge >= 0.3 is 17.1 Å². The summed E-state index contributed by atoms with van der Waals surface area (Å²) < 4.78 is 0. The minimum atomic E-state index is -1.38. The van der Waals surface area contributed by atoms with Crippen LogP contribution < -0.4 is 0 Å². The minimum absolute atomic E-state index is 0.334. The van der Waals surface area contributed by atoms with Crippen molar-refractivity contribution in [2.75, 3.05) is 0 Å². The predicted molar refractivity (Wildman–Crippen MR) is 57.8 cm³/mol. The number of nitrogens with zero attached hydrogens (tertiary/aromatic N) is 4. The van der Waals surface area contributed by atoms with Gasteiger partial charge in [-0.1, -0.05) is 0 Å². The molecule has 12 nitrogen and oxygen atoms in total. The second-order valence-corrected chi connectivity index (χ2v) is 3.27. The van der Waals surface area contributed by atoms with E-state index >= 15 is 0 Å². The Morgan fingerprint density at radius 3 is 1.47 bits per heavy atom. The molecule has 12 heteroatoms. The van der Waals surface area contributed by atoms with Crippen LogP contribution >= 0.6 is 0 Å². The first kappa shape index (κ1) is 13.9. The Morgan fingerprint density at radius 2 is 1.16 bits per heavy atom. The van der Waals surface area contributed by atoms with Gasteiger partial charge in [-0.15, -0.1) is 0 Å². The average Bonchev–Trinajstić information content (AvgIpc) is 2.26. The fourth-order valence-corrected chi connectivity index (χ4v) is 1.46. The van der Waals surface area contributed by atoms with Crippen molar-refractivity contribution in [2.45, 2.75) is 6.92 Å². The first-order chi connectivity index (χ1) is 8.68. The van der Waals surface area contributed by atoms with Gasteiger partial charge in [-0.25, -0.2) is 0 Å². The molecule has 100 valence electrons. The second kappa shape index (κ2) is 4.59. The van der Waals surface area contributed by atoms with Crippen molar-refractivity contribution in [3.05, 3.63) is 52.1 Å². The number of nitro benzene ring substituents is 4. The first-order valence-electron chi connectivity index (χ1n) is 4.43. The van der Waals surface area contributed by atoms with Gasteiger partial charge in [0.2, 0.25) is 0 Å². The Balaban J connectivity index is 3.94. The van der Waals surface area contributed by atoms with Crippen LogP contribution in [0, 0.1) is 47.4 Å². The number of rotatable bonds is 4. The van der Waals surface area contributed by atoms with Gasteiger partial charge in [0, 0.05) is 0 Å². The fourth-order valence-electron chi connectivity index (χ4n) is 1.46. The van der Waals surface area contributed by atoms with Gasteiger partial charge in [0.15, 0.2) is 0 Å². The molecule has 1 rings (SSSR count). The Kier molecular flexibility index (Phi) is 3.36. The maximum Gasteiger partial charge on any atom is 0.423 e. The molecular weight excluding hydrogens is 268 g/mol. The van der Waals surface area contributed by atoms with Crippen LogP contribution in [0.25, 0.3) is 0 Å². The molecule has 0 unspecified atom stereocenters. The maximum absolute atomic E-state index is 10.8. The zero-order valence-electron chi connectivity index (χ0n) is 9.13. The monoisotopic (exact) mass is 272 g/mol. The quantitative estimate of drug-likeness (QED) is 0.586. The van der Waals surface area contributed by atoms with E-state index in [0.29, 0.717) is 6.07 Å². The molecule has 19 heavy (non-hydrogen) atoms. The molecule has 0 aliphatic heterocycles. The molecule has 0 saturated heterocycles. The Morgan fingerprint density at radius 1 is 0.737 bits per heavy atom. The summed E-state index contributed by atoms with van der Waals surface area (Å²) in [5.41, 5.74) is -5.48. The Labute approximate surface area is 102 Å². The third kappa shape index (κ3) is 2.26. The SMILES string of the molecule is Cc1c([N+](=O)[O-])cc([N+](=O)[O-])c([N+](=O)[O-])c1[N+](=O)[O-]. The average molecular weight is 272 g/mol. The molecule has 1 aromatic rings. The summed E-state index contributed by atoms with van der Waals surface area (Å²) in [7, 11) is 0. The maximum atomic E-state index is 10.8. The van der Waals surface area contributed by atoms with E-state index < -0.39 is 48.0 Å². The standard InChI is InChI=1S/C7H4N4O8/c1-3-4(8(12)13)2-5(9(14)15)7(11(18)19)6(3)10(16)17/h2H,1H3. The zero-order valence-corrected chi connectivity index (χ0v) is 9.13. The van der Waals surface area contributed by atoms with Gasteiger partial charge < -0.3 is 0 Å². The number of hydrogen-bond donors (Lipinski definition) is 0. The fraction of sp³-hybridized carbons (Fsp3) is 0.143. The third-order valence-corrected chi connectivity index (χ3v) is 2.24. The van der Waals surface area contributed by atoms with Crippen LogP contribution in [-0.4, -0.2) is 19.7 Å². The molecular formula is C7H4N4O8. The van der Waals surface area contributed by atoms with Gasteiger partial charge in [0.25, 0.3) is 5.69 Å². The van der Waals surface area contributed by atoms with E-state index in [1.54, 1.807) is 0 Å². The Bertz CT molecular complexity index is 624. The molecule has 0 fully saturated rings. The van der Waals surface area contributed by atoms with E-state index in [1.165, 1.54) is 0 Å². The van der Waals surface area contributed by atoms with Gasteiger partial charge in [-0.2, -0.15) is 0 Å². The lowest BCUT2D eigenvalue weighted by Gasteiger charge is -2.01. The van der Waals surface area contributed by atoms with Crippen LogP contribution in [0.4, 0.5) is 22.7 Å². The third-order valence-electron chi connectivity index (χ3n) is 2.24. The number of benzene rings is 1. The van der Waals surface area contributed by atoms with Crippen molar-refractivity contribution >= 4 is 22.7 Å². The van der Waals surface area contributed by atoms with E-state index in [2.05, 4.69) is 0 Å². The minimum Gasteiger partial charge on any atom is -0.258 e. The summed E-state index contributed by atoms with van der Waals surface area (Å²) in [4.78, 5) is 37.8. The normalized spacial score (nSPS) is 9.95. The molecule has 0 aliphatic rings. The van der Waals surface area contributed by atoms with E-state index in [0.717, 1.165) is 6.92 Å². The smallest absolute Gasteiger partial charge is 0.258 e. The van der Waals surface area contributed by atoms with E-state index in [9.17, 15) is 40.5 Å². The topological polar surface area (TPSA) is 173 Å². The zero-order chi connectivity index (χ0) is 14.9. The number of hydrogen-bond acceptors (Lipinski definition) is 8. The van der Waals surface area contributed by atoms with E-state index in [4.69, 9.17) is 0 Å². The molecule has 0 aliphatic carbocycles. The highest BCUT2D eigenvalue weighted by Gasteiger charge is 2.42. The summed E-state index contributed by atoms with van der Waals surface area (Å²) >= 11 is 0. The van der Waals surface area contributed by atoms with Crippen molar-refractivity contribution in [2.24, 2.45) is 0 Å². The molecule has 0 aromatic heterocycles. The van der Waals surface area contributed by atoms with Crippen LogP contribution in [-0.2, 0) is 0 Å². The van der Waals surface area contributed by atoms with Crippen molar-refractivity contribution in [1.82, 2.24) is 0 Å². The molecule has 0 atom stereocenters. The van der Waals surface area contributed by atoms with Crippen LogP contribution in [0.1, 0.15) is 5.56 Å². The van der Waals surface area contributed by atoms with Crippen LogP contribution in [0.2, 0.25) is 0 Å². The molecule has 0 heterocycles. The molecule has 0 radical (unpaired) electrons. The van der Waals surface area contributed by atoms with Crippen LogP contribution in [0.3, 0.4) is 0 Å². The lowest BCUT2D eigenvalue weighted by atomic mass is 10.1. The summed E-state index contributed by atoms with van der Waals surface area (Å²) in [6.45, 7) is 0.910. The van der Waals surface area contributed by atoms with Crippen molar-refractivity contribution in [3.63, 3.8) is 0 Å². The highest BCUT2D eigenvalue weighted by atomic mass is 16.7. The Hall–Kier alpha value is -3.18. The first-order valence-corrected chi connectivity index (χ1v) is 4.43. The van der Waals surface area contributed by atoms with Crippen LogP contribution in [0.15, 0.2) is 6.07 Å². The van der Waals surface area contributed by atoms with Crippen molar-refractivity contribution < 1.29 is 19.7 Å². The van der Waals surface area contributed by atoms with Crippen molar-refractivity contribution in [3.8, 4) is 0 Å². The van der Waals surface area contributed by atoms with Gasteiger partial charge in [0.1, 0.15) is 11.6 Å². The van der Waals surface area contributed by atoms with E-state index in [-0.39, 0.29) is 0 Å². The summed E-state index contributed by atoms with van der Waals surface area (Å²) in [6.07, 6.45) is 0. The predicted octanol–water partition coefficient (Wildman–Crippen LogP) is 1.63. The molecule has 1 aromatic carbocycles. The lowest BCUT2D eigenvalue weighted by Crippen LogP contribution is -2.05. The van der Waals surface area contributed by atoms with Gasteiger partial charge in [-0.05, 0) is 6.92 Å². The van der Waals surface area contributed by atoms with E-state index in [1.807, 2.05) is 0 Å². The highest BCUT2D eigenvalue weighted by molar-refractivity contribution is 5.74. The van der Waals surface area contributed by atoms with Gasteiger partial charge in [-0.3, -0.25) is 40.5 Å². The molecule has 0 N–H and O–H groups in total. The number of nitro groups is 4. The highest BCUT2D eigenvalue weighted by Crippen LogP contribution is 2.43. The largest absolute Gasteiger partial charge is 0.423 e. The molecule has 0 saturated carbocycles. The van der Waals surface area contributed by atoms with Crippen LogP contribution in [0.5, 0.6) is 0 Å².